The van der Waals surface area contributed by atoms with Crippen molar-refractivity contribution in [2.45, 2.75) is 32.6 Å². The number of ether oxygens (including phenoxy) is 3. The summed E-state index contributed by atoms with van der Waals surface area (Å²) in [5.74, 6) is -0.0303. The second-order valence-corrected chi connectivity index (χ2v) is 5.06. The van der Waals surface area contributed by atoms with Crippen LogP contribution < -0.4 is 10.6 Å². The molecule has 0 saturated carbocycles. The highest BCUT2D eigenvalue weighted by Crippen LogP contribution is 1.89. The number of hydrogen-bond acceptors (Lipinski definition) is 6. The summed E-state index contributed by atoms with van der Waals surface area (Å²) in [6.45, 7) is 4.47. The third kappa shape index (κ3) is 15.4. The molecule has 0 saturated heterocycles. The number of ketones is 1. The molecule has 24 heavy (non-hydrogen) atoms. The fraction of sp³-hybridized carbons (Fsp3) is 0.812. The SMILES string of the molecule is CCC(=O)CCOCCNC(=O)CCOCCNC(=O)CCOC.[HH].[HH]. The summed E-state index contributed by atoms with van der Waals surface area (Å²) < 4.78 is 15.3. The lowest BCUT2D eigenvalue weighted by molar-refractivity contribution is -0.124. The summed E-state index contributed by atoms with van der Waals surface area (Å²) in [7, 11) is 1.54. The quantitative estimate of drug-likeness (QED) is 0.394. The van der Waals surface area contributed by atoms with Gasteiger partial charge in [0.15, 0.2) is 0 Å². The summed E-state index contributed by atoms with van der Waals surface area (Å²) in [6.07, 6.45) is 1.52. The zero-order chi connectivity index (χ0) is 18.0. The number of nitrogens with one attached hydrogen (secondary N) is 2. The van der Waals surface area contributed by atoms with Crippen LogP contribution in [0.25, 0.3) is 0 Å². The molecule has 0 unspecified atom stereocenters. The van der Waals surface area contributed by atoms with Crippen LogP contribution in [0.2, 0.25) is 0 Å². The molecule has 8 nitrogen and oxygen atoms in total. The number of hydrogen-bond donors (Lipinski definition) is 2. The normalized spacial score (nSPS) is 10.4. The lowest BCUT2D eigenvalue weighted by Gasteiger charge is -2.08. The largest absolute Gasteiger partial charge is 0.384 e. The van der Waals surface area contributed by atoms with Crippen molar-refractivity contribution in [1.82, 2.24) is 10.6 Å². The topological polar surface area (TPSA) is 103 Å². The van der Waals surface area contributed by atoms with Crippen molar-refractivity contribution >= 4 is 17.6 Å². The van der Waals surface area contributed by atoms with Crippen molar-refractivity contribution in [2.24, 2.45) is 0 Å². The molecule has 0 aromatic carbocycles. The van der Waals surface area contributed by atoms with E-state index < -0.39 is 0 Å². The van der Waals surface area contributed by atoms with Crippen molar-refractivity contribution in [2.75, 3.05) is 53.2 Å². The lowest BCUT2D eigenvalue weighted by atomic mass is 10.2. The van der Waals surface area contributed by atoms with Gasteiger partial charge in [-0.15, -0.1) is 0 Å². The third-order valence-corrected chi connectivity index (χ3v) is 3.06. The summed E-state index contributed by atoms with van der Waals surface area (Å²) in [4.78, 5) is 33.8. The molecule has 2 N–H and O–H groups in total. The predicted molar refractivity (Wildman–Crippen MR) is 92.9 cm³/mol. The Bertz CT molecular complexity index is 373. The van der Waals surface area contributed by atoms with Crippen molar-refractivity contribution < 1.29 is 31.4 Å². The molecule has 0 bridgehead atoms. The summed E-state index contributed by atoms with van der Waals surface area (Å²) in [5, 5.41) is 5.39. The Morgan fingerprint density at radius 1 is 0.792 bits per heavy atom. The van der Waals surface area contributed by atoms with Crippen LogP contribution in [0.1, 0.15) is 35.5 Å². The highest BCUT2D eigenvalue weighted by atomic mass is 16.5. The minimum absolute atomic E-state index is 0. The van der Waals surface area contributed by atoms with Gasteiger partial charge >= 0.3 is 0 Å². The van der Waals surface area contributed by atoms with E-state index in [-0.39, 0.29) is 26.9 Å². The molecule has 0 rings (SSSR count). The third-order valence-electron chi connectivity index (χ3n) is 3.06. The van der Waals surface area contributed by atoms with Gasteiger partial charge in [-0.1, -0.05) is 6.92 Å². The lowest BCUT2D eigenvalue weighted by Crippen LogP contribution is -2.30. The highest BCUT2D eigenvalue weighted by Gasteiger charge is 2.02. The number of carbonyl (C=O) groups is 3. The van der Waals surface area contributed by atoms with Crippen molar-refractivity contribution in [3.63, 3.8) is 0 Å². The molecule has 8 heteroatoms. The van der Waals surface area contributed by atoms with E-state index >= 15 is 0 Å². The van der Waals surface area contributed by atoms with E-state index in [0.717, 1.165) is 0 Å². The Labute approximate surface area is 146 Å². The van der Waals surface area contributed by atoms with Crippen LogP contribution in [0.4, 0.5) is 0 Å². The molecule has 0 spiro atoms. The molecule has 0 aliphatic carbocycles. The maximum Gasteiger partial charge on any atom is 0.222 e. The fourth-order valence-electron chi connectivity index (χ4n) is 1.63. The molecule has 0 atom stereocenters. The van der Waals surface area contributed by atoms with Gasteiger partial charge in [0.05, 0.1) is 33.0 Å². The fourth-order valence-corrected chi connectivity index (χ4v) is 1.63. The van der Waals surface area contributed by atoms with Gasteiger partial charge in [-0.25, -0.2) is 0 Å². The monoisotopic (exact) mass is 350 g/mol. The molecule has 0 aromatic heterocycles. The Balaban J connectivity index is -0.00000264. The first-order valence-corrected chi connectivity index (χ1v) is 8.29. The van der Waals surface area contributed by atoms with E-state index in [1.165, 1.54) is 0 Å². The maximum atomic E-state index is 11.5. The Hall–Kier alpha value is -1.51. The van der Waals surface area contributed by atoms with Crippen LogP contribution >= 0.6 is 0 Å². The van der Waals surface area contributed by atoms with Gasteiger partial charge in [0, 0.05) is 48.7 Å². The van der Waals surface area contributed by atoms with Gasteiger partial charge in [-0.3, -0.25) is 14.4 Å². The van der Waals surface area contributed by atoms with Gasteiger partial charge in [0.2, 0.25) is 11.8 Å². The van der Waals surface area contributed by atoms with Crippen LogP contribution in [-0.4, -0.2) is 70.8 Å². The average Bonchev–Trinajstić information content (AvgIpc) is 2.58. The van der Waals surface area contributed by atoms with E-state index in [9.17, 15) is 14.4 Å². The summed E-state index contributed by atoms with van der Waals surface area (Å²) in [5.41, 5.74) is 0. The molecular formula is C16H34N2O6. The van der Waals surface area contributed by atoms with E-state index in [0.29, 0.717) is 65.4 Å². The van der Waals surface area contributed by atoms with E-state index in [1.54, 1.807) is 7.11 Å². The van der Waals surface area contributed by atoms with Gasteiger partial charge < -0.3 is 24.8 Å². The number of Topliss-reactive ketones (excluding diaryl/α,β-unsaturated/α-hetero) is 1. The van der Waals surface area contributed by atoms with Crippen LogP contribution in [0.15, 0.2) is 0 Å². The van der Waals surface area contributed by atoms with Crippen LogP contribution in [0.3, 0.4) is 0 Å². The van der Waals surface area contributed by atoms with Gasteiger partial charge in [-0.05, 0) is 0 Å². The van der Waals surface area contributed by atoms with Crippen LogP contribution in [0, 0.1) is 0 Å². The molecule has 144 valence electrons. The first-order chi connectivity index (χ1) is 11.6. The molecule has 0 radical (unpaired) electrons. The van der Waals surface area contributed by atoms with Crippen LogP contribution in [-0.2, 0) is 28.6 Å². The molecule has 0 aliphatic heterocycles. The smallest absolute Gasteiger partial charge is 0.222 e. The highest BCUT2D eigenvalue weighted by molar-refractivity contribution is 5.78. The molecule has 2 amide bonds. The Morgan fingerprint density at radius 3 is 1.79 bits per heavy atom. The van der Waals surface area contributed by atoms with Gasteiger partial charge in [-0.2, -0.15) is 0 Å². The molecule has 0 fully saturated rings. The molecule has 0 heterocycles. The Morgan fingerprint density at radius 2 is 1.29 bits per heavy atom. The number of rotatable bonds is 16. The number of amides is 2. The van der Waals surface area contributed by atoms with E-state index in [4.69, 9.17) is 14.2 Å². The molecule has 0 aromatic rings. The first kappa shape index (κ1) is 22.5. The van der Waals surface area contributed by atoms with E-state index in [1.807, 2.05) is 6.92 Å². The molecular weight excluding hydrogens is 316 g/mol. The van der Waals surface area contributed by atoms with Gasteiger partial charge in [0.25, 0.3) is 0 Å². The Kier molecular flexibility index (Phi) is 15.3. The average molecular weight is 350 g/mol. The minimum Gasteiger partial charge on any atom is -0.384 e. The summed E-state index contributed by atoms with van der Waals surface area (Å²) >= 11 is 0. The van der Waals surface area contributed by atoms with Gasteiger partial charge in [0.1, 0.15) is 5.78 Å². The van der Waals surface area contributed by atoms with Crippen molar-refractivity contribution in [3.8, 4) is 0 Å². The van der Waals surface area contributed by atoms with Crippen molar-refractivity contribution in [3.05, 3.63) is 0 Å². The number of methoxy groups -OCH3 is 1. The van der Waals surface area contributed by atoms with Crippen molar-refractivity contribution in [1.29, 1.82) is 0 Å². The maximum absolute atomic E-state index is 11.5. The summed E-state index contributed by atoms with van der Waals surface area (Å²) in [6, 6.07) is 0. The molecule has 0 aliphatic rings. The van der Waals surface area contributed by atoms with Crippen LogP contribution in [0.5, 0.6) is 0 Å². The minimum atomic E-state index is -0.118. The number of carbonyl (C=O) groups excluding carboxylic acids is 3. The second kappa shape index (κ2) is 16.4. The first-order valence-electron chi connectivity index (χ1n) is 8.29. The zero-order valence-corrected chi connectivity index (χ0v) is 14.7. The predicted octanol–water partition coefficient (Wildman–Crippen LogP) is 0.540. The zero-order valence-electron chi connectivity index (χ0n) is 14.7. The standard InChI is InChI=1S/C16H30N2O6.2H2/c1-3-14(19)4-10-23-12-7-18-16(21)6-11-24-13-8-17-15(20)5-9-22-2;;/h3-13H2,1-2H3,(H,17,20)(H,18,21);2*1H. The second-order valence-electron chi connectivity index (χ2n) is 5.06. The van der Waals surface area contributed by atoms with E-state index in [2.05, 4.69) is 10.6 Å².